The van der Waals surface area contributed by atoms with E-state index < -0.39 is 5.41 Å². The highest BCUT2D eigenvalue weighted by molar-refractivity contribution is 6.06. The van der Waals surface area contributed by atoms with E-state index in [0.717, 1.165) is 11.1 Å². The van der Waals surface area contributed by atoms with Gasteiger partial charge in [-0.25, -0.2) is 4.39 Å². The maximum absolute atomic E-state index is 13.3. The Bertz CT molecular complexity index is 1230. The molecular weight excluding hydrogens is 421 g/mol. The number of hydrogen-bond donors (Lipinski definition) is 0. The fourth-order valence-corrected chi connectivity index (χ4v) is 3.32. The number of hydrogen-bond acceptors (Lipinski definition) is 5. The number of ether oxygens (including phenoxy) is 2. The highest BCUT2D eigenvalue weighted by atomic mass is 19.1. The third-order valence-corrected chi connectivity index (χ3v) is 5.05. The molecule has 0 amide bonds. The van der Waals surface area contributed by atoms with Crippen LogP contribution in [-0.2, 0) is 11.3 Å². The van der Waals surface area contributed by atoms with Gasteiger partial charge in [-0.1, -0.05) is 32.9 Å². The van der Waals surface area contributed by atoms with Crippen molar-refractivity contribution in [1.82, 2.24) is 9.78 Å². The van der Waals surface area contributed by atoms with Gasteiger partial charge in [0.05, 0.1) is 32.0 Å². The Labute approximate surface area is 192 Å². The van der Waals surface area contributed by atoms with Crippen molar-refractivity contribution in [3.8, 4) is 28.8 Å². The first kappa shape index (κ1) is 23.7. The van der Waals surface area contributed by atoms with Gasteiger partial charge in [0.25, 0.3) is 0 Å². The minimum absolute atomic E-state index is 0.0468. The van der Waals surface area contributed by atoms with Crippen LogP contribution in [0.1, 0.15) is 31.9 Å². The molecule has 0 saturated heterocycles. The van der Waals surface area contributed by atoms with Crippen LogP contribution in [0.25, 0.3) is 17.3 Å². The summed E-state index contributed by atoms with van der Waals surface area (Å²) in [6.07, 6.45) is 3.33. The summed E-state index contributed by atoms with van der Waals surface area (Å²) in [6.45, 7) is 5.71. The van der Waals surface area contributed by atoms with E-state index >= 15 is 0 Å². The summed E-state index contributed by atoms with van der Waals surface area (Å²) < 4.78 is 25.7. The van der Waals surface area contributed by atoms with Crippen LogP contribution in [0.15, 0.2) is 54.2 Å². The number of aromatic nitrogens is 2. The van der Waals surface area contributed by atoms with Crippen molar-refractivity contribution < 1.29 is 18.7 Å². The minimum atomic E-state index is -0.699. The molecule has 1 aromatic heterocycles. The number of rotatable bonds is 7. The van der Waals surface area contributed by atoms with Crippen molar-refractivity contribution >= 4 is 11.9 Å². The van der Waals surface area contributed by atoms with Crippen LogP contribution in [0, 0.1) is 22.6 Å². The van der Waals surface area contributed by atoms with E-state index in [2.05, 4.69) is 0 Å². The van der Waals surface area contributed by atoms with Gasteiger partial charge >= 0.3 is 0 Å². The van der Waals surface area contributed by atoms with E-state index in [1.165, 1.54) is 12.1 Å². The number of carbonyl (C=O) groups excluding carboxylic acids is 1. The lowest BCUT2D eigenvalue weighted by Crippen LogP contribution is -2.21. The standard InChI is InChI=1S/C26H26FN3O3/c1-26(2,3)25(31)19(14-28)12-20-16-30(15-17-6-9-21(27)10-7-17)29-24(20)18-8-11-22(32-4)23(13-18)33-5/h6-13,16H,15H2,1-5H3/b19-12+. The van der Waals surface area contributed by atoms with E-state index in [1.54, 1.807) is 76.2 Å². The molecule has 170 valence electrons. The highest BCUT2D eigenvalue weighted by Crippen LogP contribution is 2.34. The summed E-state index contributed by atoms with van der Waals surface area (Å²) in [4.78, 5) is 12.8. The second-order valence-corrected chi connectivity index (χ2v) is 8.58. The van der Waals surface area contributed by atoms with Gasteiger partial charge in [0.1, 0.15) is 11.9 Å². The molecule has 0 spiro atoms. The van der Waals surface area contributed by atoms with Crippen LogP contribution in [0.3, 0.4) is 0 Å². The van der Waals surface area contributed by atoms with E-state index in [1.807, 2.05) is 12.1 Å². The van der Waals surface area contributed by atoms with E-state index in [0.29, 0.717) is 29.3 Å². The van der Waals surface area contributed by atoms with Crippen molar-refractivity contribution in [3.05, 3.63) is 71.2 Å². The molecule has 3 rings (SSSR count). The molecule has 3 aromatic rings. The molecule has 33 heavy (non-hydrogen) atoms. The molecule has 2 aromatic carbocycles. The number of nitriles is 1. The molecule has 0 fully saturated rings. The first-order chi connectivity index (χ1) is 15.7. The highest BCUT2D eigenvalue weighted by Gasteiger charge is 2.26. The smallest absolute Gasteiger partial charge is 0.178 e. The lowest BCUT2D eigenvalue weighted by atomic mass is 9.86. The zero-order chi connectivity index (χ0) is 24.2. The zero-order valence-electron chi connectivity index (χ0n) is 19.3. The number of carbonyl (C=O) groups is 1. The Balaban J connectivity index is 2.13. The summed E-state index contributed by atoms with van der Waals surface area (Å²) >= 11 is 0. The number of Topliss-reactive ketones (excluding diaryl/α,β-unsaturated/α-hetero) is 1. The first-order valence-electron chi connectivity index (χ1n) is 10.4. The third-order valence-electron chi connectivity index (χ3n) is 5.05. The second kappa shape index (κ2) is 9.70. The number of benzene rings is 2. The molecule has 0 aliphatic heterocycles. The molecule has 0 N–H and O–H groups in total. The monoisotopic (exact) mass is 447 g/mol. The van der Waals surface area contributed by atoms with Crippen LogP contribution in [0.5, 0.6) is 11.5 Å². The van der Waals surface area contributed by atoms with Gasteiger partial charge in [-0.05, 0) is 42.0 Å². The minimum Gasteiger partial charge on any atom is -0.493 e. The normalized spacial score (nSPS) is 11.7. The van der Waals surface area contributed by atoms with Crippen molar-refractivity contribution in [2.45, 2.75) is 27.3 Å². The summed E-state index contributed by atoms with van der Waals surface area (Å²) in [7, 11) is 3.10. The van der Waals surface area contributed by atoms with E-state index in [-0.39, 0.29) is 17.2 Å². The number of allylic oxidation sites excluding steroid dienone is 1. The van der Waals surface area contributed by atoms with Gasteiger partial charge < -0.3 is 9.47 Å². The molecule has 0 saturated carbocycles. The Hall–Kier alpha value is -3.92. The Morgan fingerprint density at radius 3 is 2.36 bits per heavy atom. The Kier molecular flexibility index (Phi) is 6.98. The summed E-state index contributed by atoms with van der Waals surface area (Å²) in [5.41, 5.74) is 2.13. The fourth-order valence-electron chi connectivity index (χ4n) is 3.32. The van der Waals surface area contributed by atoms with Crippen molar-refractivity contribution in [2.24, 2.45) is 5.41 Å². The molecule has 0 atom stereocenters. The average molecular weight is 448 g/mol. The van der Waals surface area contributed by atoms with Crippen molar-refractivity contribution in [3.63, 3.8) is 0 Å². The predicted molar refractivity (Wildman–Crippen MR) is 124 cm³/mol. The van der Waals surface area contributed by atoms with Gasteiger partial charge in [0.2, 0.25) is 0 Å². The number of nitrogens with zero attached hydrogens (tertiary/aromatic N) is 3. The number of methoxy groups -OCH3 is 2. The van der Waals surface area contributed by atoms with E-state index in [9.17, 15) is 14.4 Å². The van der Waals surface area contributed by atoms with Crippen LogP contribution >= 0.6 is 0 Å². The molecule has 7 heteroatoms. The Morgan fingerprint density at radius 2 is 1.79 bits per heavy atom. The third kappa shape index (κ3) is 5.47. The van der Waals surface area contributed by atoms with E-state index in [4.69, 9.17) is 14.6 Å². The van der Waals surface area contributed by atoms with Crippen molar-refractivity contribution in [1.29, 1.82) is 5.26 Å². The molecule has 0 bridgehead atoms. The van der Waals surface area contributed by atoms with Gasteiger partial charge in [-0.2, -0.15) is 10.4 Å². The molecule has 0 unspecified atom stereocenters. The van der Waals surface area contributed by atoms with Crippen LogP contribution in [-0.4, -0.2) is 29.8 Å². The van der Waals surface area contributed by atoms with Crippen LogP contribution in [0.2, 0.25) is 0 Å². The summed E-state index contributed by atoms with van der Waals surface area (Å²) in [5.74, 6) is 0.539. The number of halogens is 1. The molecule has 6 nitrogen and oxygen atoms in total. The lowest BCUT2D eigenvalue weighted by molar-refractivity contribution is -0.121. The van der Waals surface area contributed by atoms with Crippen LogP contribution in [0.4, 0.5) is 4.39 Å². The topological polar surface area (TPSA) is 77.1 Å². The van der Waals surface area contributed by atoms with Gasteiger partial charge in [-0.3, -0.25) is 9.48 Å². The molecule has 0 radical (unpaired) electrons. The molecular formula is C26H26FN3O3. The first-order valence-corrected chi connectivity index (χ1v) is 10.4. The summed E-state index contributed by atoms with van der Waals surface area (Å²) in [5, 5.41) is 14.4. The van der Waals surface area contributed by atoms with Gasteiger partial charge in [0.15, 0.2) is 17.3 Å². The van der Waals surface area contributed by atoms with Gasteiger partial charge in [-0.15, -0.1) is 0 Å². The average Bonchev–Trinajstić information content (AvgIpc) is 3.19. The second-order valence-electron chi connectivity index (χ2n) is 8.58. The van der Waals surface area contributed by atoms with Crippen LogP contribution < -0.4 is 9.47 Å². The maximum Gasteiger partial charge on any atom is 0.178 e. The maximum atomic E-state index is 13.3. The SMILES string of the molecule is COc1ccc(-c2nn(Cc3ccc(F)cc3)cc2/C=C(\C#N)C(=O)C(C)(C)C)cc1OC. The molecule has 1 heterocycles. The lowest BCUT2D eigenvalue weighted by Gasteiger charge is -2.15. The summed E-state index contributed by atoms with van der Waals surface area (Å²) in [6, 6.07) is 13.6. The molecule has 0 aliphatic rings. The predicted octanol–water partition coefficient (Wildman–Crippen LogP) is 5.28. The quantitative estimate of drug-likeness (QED) is 0.364. The fraction of sp³-hybridized carbons (Fsp3) is 0.269. The Morgan fingerprint density at radius 1 is 1.12 bits per heavy atom. The zero-order valence-corrected chi connectivity index (χ0v) is 19.3. The number of ketones is 1. The largest absolute Gasteiger partial charge is 0.493 e. The van der Waals surface area contributed by atoms with Crippen molar-refractivity contribution in [2.75, 3.05) is 14.2 Å². The van der Waals surface area contributed by atoms with Gasteiger partial charge in [0, 0.05) is 22.7 Å². The molecule has 0 aliphatic carbocycles.